The molecule has 0 unspecified atom stereocenters. The van der Waals surface area contributed by atoms with E-state index in [-0.39, 0.29) is 0 Å². The number of H-pyrrole nitrogens is 1. The van der Waals surface area contributed by atoms with Crippen LogP contribution in [0.1, 0.15) is 23.0 Å². The molecule has 124 valence electrons. The SMILES string of the molecule is COc1ccc(OC)c([C@H](C(=O)O)N(C)Cc2cc(C)[nH]n2)c1. The molecule has 0 saturated heterocycles. The first-order chi connectivity index (χ1) is 11.0. The summed E-state index contributed by atoms with van der Waals surface area (Å²) in [6, 6.07) is 6.13. The number of aromatic nitrogens is 2. The minimum atomic E-state index is -0.966. The summed E-state index contributed by atoms with van der Waals surface area (Å²) >= 11 is 0. The fraction of sp³-hybridized carbons (Fsp3) is 0.375. The van der Waals surface area contributed by atoms with Crippen molar-refractivity contribution in [2.24, 2.45) is 0 Å². The van der Waals surface area contributed by atoms with Gasteiger partial charge >= 0.3 is 5.97 Å². The molecule has 2 N–H and O–H groups in total. The van der Waals surface area contributed by atoms with Gasteiger partial charge in [0.2, 0.25) is 0 Å². The molecule has 1 heterocycles. The molecule has 1 atom stereocenters. The number of aromatic amines is 1. The molecule has 0 aliphatic heterocycles. The van der Waals surface area contributed by atoms with Gasteiger partial charge in [0.1, 0.15) is 17.5 Å². The predicted octanol–water partition coefficient (Wildman–Crippen LogP) is 1.99. The average Bonchev–Trinajstić information content (AvgIpc) is 2.91. The maximum absolute atomic E-state index is 11.8. The number of aliphatic carboxylic acids is 1. The molecule has 0 aliphatic rings. The van der Waals surface area contributed by atoms with E-state index in [0.29, 0.717) is 23.6 Å². The second kappa shape index (κ2) is 7.15. The Morgan fingerprint density at radius 3 is 2.61 bits per heavy atom. The second-order valence-electron chi connectivity index (χ2n) is 5.31. The van der Waals surface area contributed by atoms with E-state index < -0.39 is 12.0 Å². The van der Waals surface area contributed by atoms with E-state index in [1.54, 1.807) is 30.1 Å². The lowest BCUT2D eigenvalue weighted by atomic mass is 10.0. The Morgan fingerprint density at radius 2 is 2.09 bits per heavy atom. The van der Waals surface area contributed by atoms with E-state index in [2.05, 4.69) is 10.2 Å². The highest BCUT2D eigenvalue weighted by molar-refractivity contribution is 5.77. The number of carboxylic acid groups (broad SMARTS) is 1. The van der Waals surface area contributed by atoms with Gasteiger partial charge in [0.25, 0.3) is 0 Å². The summed E-state index contributed by atoms with van der Waals surface area (Å²) in [6.07, 6.45) is 0. The normalized spacial score (nSPS) is 12.2. The van der Waals surface area contributed by atoms with Crippen molar-refractivity contribution in [1.29, 1.82) is 0 Å². The number of rotatable bonds is 7. The molecule has 0 saturated carbocycles. The Bertz CT molecular complexity index is 684. The summed E-state index contributed by atoms with van der Waals surface area (Å²) < 4.78 is 10.5. The van der Waals surface area contributed by atoms with Crippen molar-refractivity contribution in [3.8, 4) is 11.5 Å². The van der Waals surface area contributed by atoms with E-state index in [1.165, 1.54) is 14.2 Å². The number of nitrogens with zero attached hydrogens (tertiary/aromatic N) is 2. The van der Waals surface area contributed by atoms with E-state index in [1.807, 2.05) is 13.0 Å². The summed E-state index contributed by atoms with van der Waals surface area (Å²) in [7, 11) is 4.79. The molecule has 1 aromatic carbocycles. The average molecular weight is 319 g/mol. The molecular weight excluding hydrogens is 298 g/mol. The zero-order chi connectivity index (χ0) is 17.0. The van der Waals surface area contributed by atoms with Crippen molar-refractivity contribution in [2.45, 2.75) is 19.5 Å². The predicted molar refractivity (Wildman–Crippen MR) is 84.7 cm³/mol. The third-order valence-corrected chi connectivity index (χ3v) is 3.58. The zero-order valence-electron chi connectivity index (χ0n) is 13.7. The van der Waals surface area contributed by atoms with Gasteiger partial charge in [0, 0.05) is 17.8 Å². The van der Waals surface area contributed by atoms with Gasteiger partial charge in [0.15, 0.2) is 0 Å². The highest BCUT2D eigenvalue weighted by Crippen LogP contribution is 2.33. The lowest BCUT2D eigenvalue weighted by Crippen LogP contribution is -2.31. The van der Waals surface area contributed by atoms with E-state index in [0.717, 1.165) is 11.4 Å². The molecule has 23 heavy (non-hydrogen) atoms. The molecule has 1 aromatic heterocycles. The van der Waals surface area contributed by atoms with Crippen LogP contribution in [0.5, 0.6) is 11.5 Å². The number of methoxy groups -OCH3 is 2. The Labute approximate surface area is 134 Å². The fourth-order valence-corrected chi connectivity index (χ4v) is 2.51. The fourth-order valence-electron chi connectivity index (χ4n) is 2.51. The molecule has 0 bridgehead atoms. The van der Waals surface area contributed by atoms with Crippen molar-refractivity contribution in [3.05, 3.63) is 41.2 Å². The number of hydrogen-bond acceptors (Lipinski definition) is 5. The van der Waals surface area contributed by atoms with Crippen LogP contribution in [0.2, 0.25) is 0 Å². The van der Waals surface area contributed by atoms with Crippen LogP contribution in [0.15, 0.2) is 24.3 Å². The van der Waals surface area contributed by atoms with Gasteiger partial charge in [-0.1, -0.05) is 0 Å². The molecule has 0 fully saturated rings. The topological polar surface area (TPSA) is 87.7 Å². The number of likely N-dealkylation sites (N-methyl/N-ethyl adjacent to an activating group) is 1. The van der Waals surface area contributed by atoms with Crippen LogP contribution in [-0.2, 0) is 11.3 Å². The summed E-state index contributed by atoms with van der Waals surface area (Å²) in [5, 5.41) is 16.7. The van der Waals surface area contributed by atoms with Crippen LogP contribution >= 0.6 is 0 Å². The number of carbonyl (C=O) groups is 1. The molecular formula is C16H21N3O4. The molecule has 0 aliphatic carbocycles. The number of aryl methyl sites for hydroxylation is 1. The van der Waals surface area contributed by atoms with Gasteiger partial charge in [-0.25, -0.2) is 0 Å². The smallest absolute Gasteiger partial charge is 0.325 e. The number of hydrogen-bond donors (Lipinski definition) is 2. The summed E-state index contributed by atoms with van der Waals surface area (Å²) in [6.45, 7) is 2.29. The van der Waals surface area contributed by atoms with Crippen LogP contribution in [0, 0.1) is 6.92 Å². The highest BCUT2D eigenvalue weighted by atomic mass is 16.5. The highest BCUT2D eigenvalue weighted by Gasteiger charge is 2.28. The van der Waals surface area contributed by atoms with Gasteiger partial charge in [-0.05, 0) is 38.2 Å². The maximum atomic E-state index is 11.8. The van der Waals surface area contributed by atoms with E-state index >= 15 is 0 Å². The Kier molecular flexibility index (Phi) is 5.23. The molecule has 7 nitrogen and oxygen atoms in total. The van der Waals surface area contributed by atoms with Crippen LogP contribution in [-0.4, -0.2) is 47.4 Å². The lowest BCUT2D eigenvalue weighted by molar-refractivity contribution is -0.143. The van der Waals surface area contributed by atoms with E-state index in [9.17, 15) is 9.90 Å². The first-order valence-corrected chi connectivity index (χ1v) is 7.12. The van der Waals surface area contributed by atoms with Crippen molar-refractivity contribution in [1.82, 2.24) is 15.1 Å². The monoisotopic (exact) mass is 319 g/mol. The largest absolute Gasteiger partial charge is 0.497 e. The number of nitrogens with one attached hydrogen (secondary N) is 1. The van der Waals surface area contributed by atoms with Crippen molar-refractivity contribution < 1.29 is 19.4 Å². The summed E-state index contributed by atoms with van der Waals surface area (Å²) in [4.78, 5) is 13.5. The number of benzene rings is 1. The van der Waals surface area contributed by atoms with Crippen molar-refractivity contribution in [3.63, 3.8) is 0 Å². The van der Waals surface area contributed by atoms with Crippen LogP contribution in [0.25, 0.3) is 0 Å². The summed E-state index contributed by atoms with van der Waals surface area (Å²) in [5.41, 5.74) is 2.24. The van der Waals surface area contributed by atoms with Crippen LogP contribution in [0.4, 0.5) is 0 Å². The molecule has 7 heteroatoms. The van der Waals surface area contributed by atoms with Crippen LogP contribution < -0.4 is 9.47 Å². The Morgan fingerprint density at radius 1 is 1.35 bits per heavy atom. The van der Waals surface area contributed by atoms with Crippen molar-refractivity contribution in [2.75, 3.05) is 21.3 Å². The molecule has 2 aromatic rings. The minimum Gasteiger partial charge on any atom is -0.497 e. The first kappa shape index (κ1) is 16.8. The van der Waals surface area contributed by atoms with Crippen molar-refractivity contribution >= 4 is 5.97 Å². The van der Waals surface area contributed by atoms with Gasteiger partial charge in [-0.2, -0.15) is 5.10 Å². The molecule has 0 radical (unpaired) electrons. The Balaban J connectivity index is 2.35. The molecule has 2 rings (SSSR count). The Hall–Kier alpha value is -2.54. The van der Waals surface area contributed by atoms with E-state index in [4.69, 9.17) is 9.47 Å². The first-order valence-electron chi connectivity index (χ1n) is 7.12. The van der Waals surface area contributed by atoms with Crippen LogP contribution in [0.3, 0.4) is 0 Å². The number of carboxylic acids is 1. The maximum Gasteiger partial charge on any atom is 0.325 e. The van der Waals surface area contributed by atoms with Gasteiger partial charge in [-0.3, -0.25) is 14.8 Å². The third-order valence-electron chi connectivity index (χ3n) is 3.58. The lowest BCUT2D eigenvalue weighted by Gasteiger charge is -2.25. The van der Waals surface area contributed by atoms with Gasteiger partial charge in [-0.15, -0.1) is 0 Å². The minimum absolute atomic E-state index is 0.391. The standard InChI is InChI=1S/C16H21N3O4/c1-10-7-11(18-17-10)9-19(2)15(16(20)21)13-8-12(22-3)5-6-14(13)23-4/h5-8,15H,9H2,1-4H3,(H,17,18)(H,20,21)/t15-/m1/s1. The third kappa shape index (κ3) is 3.81. The molecule has 0 spiro atoms. The number of ether oxygens (including phenoxy) is 2. The summed E-state index contributed by atoms with van der Waals surface area (Å²) in [5.74, 6) is 0.116. The molecule has 0 amide bonds. The quantitative estimate of drug-likeness (QED) is 0.811. The zero-order valence-corrected chi connectivity index (χ0v) is 13.7. The second-order valence-corrected chi connectivity index (χ2v) is 5.31. The van der Waals surface area contributed by atoms with Gasteiger partial charge in [0.05, 0.1) is 19.9 Å². The van der Waals surface area contributed by atoms with Gasteiger partial charge < -0.3 is 14.6 Å².